The van der Waals surface area contributed by atoms with Crippen molar-refractivity contribution < 1.29 is 27.8 Å². The van der Waals surface area contributed by atoms with Crippen LogP contribution in [0.4, 0.5) is 8.78 Å². The van der Waals surface area contributed by atoms with Crippen molar-refractivity contribution in [3.63, 3.8) is 0 Å². The number of hydrogen-bond donors (Lipinski definition) is 0. The molecule has 0 aliphatic heterocycles. The van der Waals surface area contributed by atoms with Gasteiger partial charge in [-0.3, -0.25) is 9.59 Å². The SMILES string of the molecule is CCCCCCCCc1ccc(F)c(-c2ccc3c(OC(C)=O)c(-c4cc(CCCCCCCC)ccc4F)ccc3c2OC(C)=O)c1. The highest BCUT2D eigenvalue weighted by Crippen LogP contribution is 2.45. The molecule has 0 aliphatic rings. The fourth-order valence-electron chi connectivity index (χ4n) is 6.37. The molecule has 0 spiro atoms. The lowest BCUT2D eigenvalue weighted by atomic mass is 9.93. The molecule has 4 rings (SSSR count). The highest BCUT2D eigenvalue weighted by Gasteiger charge is 2.22. The Labute approximate surface area is 284 Å². The molecule has 0 N–H and O–H groups in total. The van der Waals surface area contributed by atoms with Gasteiger partial charge in [0.2, 0.25) is 0 Å². The zero-order valence-corrected chi connectivity index (χ0v) is 29.1. The summed E-state index contributed by atoms with van der Waals surface area (Å²) >= 11 is 0. The molecule has 0 aliphatic carbocycles. The minimum atomic E-state index is -0.570. The molecular weight excluding hydrogens is 606 g/mol. The largest absolute Gasteiger partial charge is 0.425 e. The van der Waals surface area contributed by atoms with Gasteiger partial charge >= 0.3 is 11.9 Å². The van der Waals surface area contributed by atoms with Crippen LogP contribution in [-0.2, 0) is 22.4 Å². The van der Waals surface area contributed by atoms with Crippen molar-refractivity contribution in [2.75, 3.05) is 0 Å². The first-order valence-electron chi connectivity index (χ1n) is 17.8. The summed E-state index contributed by atoms with van der Waals surface area (Å²) in [6.45, 7) is 6.98. The molecule has 0 heterocycles. The molecule has 0 radical (unpaired) electrons. The Bertz CT molecular complexity index is 1570. The second kappa shape index (κ2) is 18.5. The van der Waals surface area contributed by atoms with E-state index < -0.39 is 23.6 Å². The van der Waals surface area contributed by atoms with Crippen LogP contribution in [0.5, 0.6) is 11.5 Å². The van der Waals surface area contributed by atoms with E-state index in [1.807, 2.05) is 12.1 Å². The Morgan fingerprint density at radius 2 is 0.875 bits per heavy atom. The van der Waals surface area contributed by atoms with Gasteiger partial charge in [-0.1, -0.05) is 90.2 Å². The molecule has 0 bridgehead atoms. The molecule has 48 heavy (non-hydrogen) atoms. The first-order valence-corrected chi connectivity index (χ1v) is 17.8. The molecule has 256 valence electrons. The van der Waals surface area contributed by atoms with E-state index in [-0.39, 0.29) is 11.5 Å². The van der Waals surface area contributed by atoms with Gasteiger partial charge < -0.3 is 9.47 Å². The molecule has 0 fully saturated rings. The van der Waals surface area contributed by atoms with Crippen molar-refractivity contribution in [1.29, 1.82) is 0 Å². The average Bonchev–Trinajstić information content (AvgIpc) is 3.06. The normalized spacial score (nSPS) is 11.2. The number of carbonyl (C=O) groups excluding carboxylic acids is 2. The van der Waals surface area contributed by atoms with Gasteiger partial charge in [-0.25, -0.2) is 8.78 Å². The third-order valence-corrected chi connectivity index (χ3v) is 8.87. The number of hydrogen-bond acceptors (Lipinski definition) is 4. The predicted molar refractivity (Wildman–Crippen MR) is 192 cm³/mol. The first-order chi connectivity index (χ1) is 23.2. The zero-order valence-electron chi connectivity index (χ0n) is 29.1. The molecule has 0 saturated carbocycles. The summed E-state index contributed by atoms with van der Waals surface area (Å²) in [4.78, 5) is 24.8. The van der Waals surface area contributed by atoms with Crippen LogP contribution < -0.4 is 9.47 Å². The number of unbranched alkanes of at least 4 members (excludes halogenated alkanes) is 10. The minimum absolute atomic E-state index is 0.160. The van der Waals surface area contributed by atoms with Crippen molar-refractivity contribution in [3.05, 3.63) is 83.4 Å². The highest BCUT2D eigenvalue weighted by molar-refractivity contribution is 6.04. The molecule has 0 saturated heterocycles. The minimum Gasteiger partial charge on any atom is -0.425 e. The van der Waals surface area contributed by atoms with Crippen molar-refractivity contribution in [2.24, 2.45) is 0 Å². The number of esters is 2. The first kappa shape index (κ1) is 36.8. The predicted octanol–water partition coefficient (Wildman–Crippen LogP) is 12.1. The Morgan fingerprint density at radius 3 is 1.25 bits per heavy atom. The fourth-order valence-corrected chi connectivity index (χ4v) is 6.37. The van der Waals surface area contributed by atoms with Crippen LogP contribution in [0.15, 0.2) is 60.7 Å². The van der Waals surface area contributed by atoms with E-state index in [2.05, 4.69) is 13.8 Å². The Kier molecular flexibility index (Phi) is 14.2. The maximum Gasteiger partial charge on any atom is 0.308 e. The molecule has 4 aromatic rings. The van der Waals surface area contributed by atoms with Crippen LogP contribution in [0.3, 0.4) is 0 Å². The van der Waals surface area contributed by atoms with Gasteiger partial charge in [-0.05, 0) is 85.3 Å². The number of rotatable bonds is 18. The highest BCUT2D eigenvalue weighted by atomic mass is 19.1. The number of ether oxygens (including phenoxy) is 2. The van der Waals surface area contributed by atoms with Gasteiger partial charge in [0.1, 0.15) is 23.1 Å². The van der Waals surface area contributed by atoms with Crippen LogP contribution in [0, 0.1) is 11.6 Å². The van der Waals surface area contributed by atoms with Crippen LogP contribution in [0.25, 0.3) is 33.0 Å². The molecular formula is C42H50F2O4. The van der Waals surface area contributed by atoms with Gasteiger partial charge in [-0.2, -0.15) is 0 Å². The lowest BCUT2D eigenvalue weighted by Crippen LogP contribution is -2.07. The topological polar surface area (TPSA) is 52.6 Å². The number of fused-ring (bicyclic) bond motifs is 1. The van der Waals surface area contributed by atoms with Gasteiger partial charge in [-0.15, -0.1) is 0 Å². The number of benzene rings is 4. The van der Waals surface area contributed by atoms with Crippen molar-refractivity contribution in [3.8, 4) is 33.8 Å². The van der Waals surface area contributed by atoms with Crippen LogP contribution in [-0.4, -0.2) is 11.9 Å². The third kappa shape index (κ3) is 9.98. The zero-order chi connectivity index (χ0) is 34.5. The van der Waals surface area contributed by atoms with E-state index in [0.717, 1.165) is 49.7 Å². The smallest absolute Gasteiger partial charge is 0.308 e. The summed E-state index contributed by atoms with van der Waals surface area (Å²) in [6.07, 6.45) is 15.6. The molecule has 0 atom stereocenters. The second-order valence-corrected chi connectivity index (χ2v) is 12.8. The summed E-state index contributed by atoms with van der Waals surface area (Å²) in [5.74, 6) is -1.69. The molecule has 0 aromatic heterocycles. The van der Waals surface area contributed by atoms with E-state index in [4.69, 9.17) is 9.47 Å². The van der Waals surface area contributed by atoms with Gasteiger partial charge in [0.25, 0.3) is 0 Å². The van der Waals surface area contributed by atoms with Crippen molar-refractivity contribution in [1.82, 2.24) is 0 Å². The molecule has 6 heteroatoms. The van der Waals surface area contributed by atoms with Gasteiger partial charge in [0.15, 0.2) is 0 Å². The molecule has 4 aromatic carbocycles. The molecule has 0 amide bonds. The monoisotopic (exact) mass is 656 g/mol. The van der Waals surface area contributed by atoms with E-state index in [9.17, 15) is 9.59 Å². The van der Waals surface area contributed by atoms with Gasteiger partial charge in [0, 0.05) is 46.9 Å². The molecule has 4 nitrogen and oxygen atoms in total. The van der Waals surface area contributed by atoms with E-state index in [0.29, 0.717) is 33.0 Å². The summed E-state index contributed by atoms with van der Waals surface area (Å²) < 4.78 is 42.4. The number of aryl methyl sites for hydroxylation is 2. The van der Waals surface area contributed by atoms with Crippen LogP contribution >= 0.6 is 0 Å². The van der Waals surface area contributed by atoms with Crippen LogP contribution in [0.2, 0.25) is 0 Å². The van der Waals surface area contributed by atoms with Crippen LogP contribution in [0.1, 0.15) is 116 Å². The Balaban J connectivity index is 1.74. The number of carbonyl (C=O) groups is 2. The maximum absolute atomic E-state index is 15.4. The van der Waals surface area contributed by atoms with E-state index >= 15 is 8.78 Å². The maximum atomic E-state index is 15.4. The lowest BCUT2D eigenvalue weighted by molar-refractivity contribution is -0.132. The Hall–Kier alpha value is -4.06. The second-order valence-electron chi connectivity index (χ2n) is 12.8. The summed E-state index contributed by atoms with van der Waals surface area (Å²) in [5.41, 5.74) is 3.47. The fraction of sp³-hybridized carbons (Fsp3) is 0.429. The summed E-state index contributed by atoms with van der Waals surface area (Å²) in [7, 11) is 0. The summed E-state index contributed by atoms with van der Waals surface area (Å²) in [6, 6.07) is 17.0. The Morgan fingerprint density at radius 1 is 0.500 bits per heavy atom. The van der Waals surface area contributed by atoms with Crippen molar-refractivity contribution >= 4 is 22.7 Å². The van der Waals surface area contributed by atoms with E-state index in [1.165, 1.54) is 77.3 Å². The average molecular weight is 657 g/mol. The molecule has 0 unspecified atom stereocenters. The lowest BCUT2D eigenvalue weighted by Gasteiger charge is -2.18. The number of halogens is 2. The quantitative estimate of drug-likeness (QED) is 0.0607. The third-order valence-electron chi connectivity index (χ3n) is 8.87. The van der Waals surface area contributed by atoms with Gasteiger partial charge in [0.05, 0.1) is 0 Å². The summed E-state index contributed by atoms with van der Waals surface area (Å²) in [5, 5.41) is 0.902. The standard InChI is InChI=1S/C42H50F2O4/c1-5-7-9-11-13-15-17-31-19-25-39(43)37(27-31)35-23-21-34-33(41(35)47-29(3)45)22-24-36(42(34)48-30(4)46)38-28-32(20-26-40(38)44)18-16-14-12-10-8-6-2/h19-28H,5-18H2,1-4H3. The van der Waals surface area contributed by atoms with Crippen molar-refractivity contribution in [2.45, 2.75) is 118 Å². The van der Waals surface area contributed by atoms with E-state index in [1.54, 1.807) is 36.4 Å².